The van der Waals surface area contributed by atoms with Gasteiger partial charge >= 0.3 is 0 Å². The Balaban J connectivity index is 2.04. The Morgan fingerprint density at radius 2 is 2.21 bits per heavy atom. The highest BCUT2D eigenvalue weighted by atomic mass is 15.1. The van der Waals surface area contributed by atoms with Gasteiger partial charge in [-0.25, -0.2) is 4.98 Å². The van der Waals surface area contributed by atoms with E-state index in [1.54, 1.807) is 0 Å². The third-order valence-corrected chi connectivity index (χ3v) is 4.27. The van der Waals surface area contributed by atoms with E-state index in [1.165, 1.54) is 29.7 Å². The lowest BCUT2D eigenvalue weighted by Crippen LogP contribution is -2.29. The molecule has 0 amide bonds. The standard InChI is InChI=1S/C16H23N3/c1-11(2)12-6-7-14-15(9-12)19(3)16(18-14)13-5-4-8-17-10-13/h6-7,9,11,13,17H,4-5,8,10H2,1-3H3. The van der Waals surface area contributed by atoms with Gasteiger partial charge in [0, 0.05) is 19.5 Å². The van der Waals surface area contributed by atoms with Crippen molar-refractivity contribution >= 4 is 11.0 Å². The molecule has 2 heterocycles. The molecule has 0 aliphatic carbocycles. The highest BCUT2D eigenvalue weighted by Gasteiger charge is 2.21. The number of aromatic nitrogens is 2. The fraction of sp³-hybridized carbons (Fsp3) is 0.562. The third-order valence-electron chi connectivity index (χ3n) is 4.27. The average molecular weight is 257 g/mol. The molecule has 1 unspecified atom stereocenters. The first-order valence-corrected chi connectivity index (χ1v) is 7.34. The molecule has 0 spiro atoms. The number of rotatable bonds is 2. The van der Waals surface area contributed by atoms with Crippen LogP contribution >= 0.6 is 0 Å². The third kappa shape index (κ3) is 2.27. The minimum atomic E-state index is 0.564. The van der Waals surface area contributed by atoms with Crippen molar-refractivity contribution in [2.45, 2.75) is 38.5 Å². The van der Waals surface area contributed by atoms with Gasteiger partial charge in [0.1, 0.15) is 5.82 Å². The number of aryl methyl sites for hydroxylation is 1. The first-order chi connectivity index (χ1) is 9.16. The lowest BCUT2D eigenvalue weighted by molar-refractivity contribution is 0.440. The van der Waals surface area contributed by atoms with Gasteiger partial charge in [0.25, 0.3) is 0 Å². The van der Waals surface area contributed by atoms with Crippen LogP contribution in [0.3, 0.4) is 0 Å². The van der Waals surface area contributed by atoms with Gasteiger partial charge in [-0.15, -0.1) is 0 Å². The van der Waals surface area contributed by atoms with Crippen LogP contribution in [0, 0.1) is 0 Å². The zero-order valence-corrected chi connectivity index (χ0v) is 12.1. The van der Waals surface area contributed by atoms with Crippen molar-refractivity contribution in [2.75, 3.05) is 13.1 Å². The van der Waals surface area contributed by atoms with E-state index in [2.05, 4.69) is 49.0 Å². The molecule has 19 heavy (non-hydrogen) atoms. The molecule has 3 rings (SSSR count). The van der Waals surface area contributed by atoms with Gasteiger partial charge < -0.3 is 9.88 Å². The number of benzene rings is 1. The van der Waals surface area contributed by atoms with E-state index in [-0.39, 0.29) is 0 Å². The molecule has 1 aliphatic heterocycles. The Kier molecular flexibility index (Phi) is 3.31. The van der Waals surface area contributed by atoms with Crippen LogP contribution in [0.1, 0.15) is 49.9 Å². The minimum Gasteiger partial charge on any atom is -0.331 e. The topological polar surface area (TPSA) is 29.9 Å². The van der Waals surface area contributed by atoms with Gasteiger partial charge in [0.05, 0.1) is 11.0 Å². The quantitative estimate of drug-likeness (QED) is 0.895. The summed E-state index contributed by atoms with van der Waals surface area (Å²) in [5.41, 5.74) is 3.79. The minimum absolute atomic E-state index is 0.564. The summed E-state index contributed by atoms with van der Waals surface area (Å²) in [7, 11) is 2.16. The maximum atomic E-state index is 4.86. The summed E-state index contributed by atoms with van der Waals surface area (Å²) >= 11 is 0. The van der Waals surface area contributed by atoms with E-state index >= 15 is 0 Å². The van der Waals surface area contributed by atoms with Crippen LogP contribution in [-0.2, 0) is 7.05 Å². The maximum Gasteiger partial charge on any atom is 0.114 e. The molecule has 1 saturated heterocycles. The summed E-state index contributed by atoms with van der Waals surface area (Å²) in [6.07, 6.45) is 2.51. The van der Waals surface area contributed by atoms with E-state index < -0.39 is 0 Å². The lowest BCUT2D eigenvalue weighted by Gasteiger charge is -2.22. The second-order valence-electron chi connectivity index (χ2n) is 5.98. The first-order valence-electron chi connectivity index (χ1n) is 7.34. The summed E-state index contributed by atoms with van der Waals surface area (Å²) in [6.45, 7) is 6.69. The molecule has 1 N–H and O–H groups in total. The number of piperidine rings is 1. The fourth-order valence-electron chi connectivity index (χ4n) is 3.02. The molecule has 2 aromatic rings. The van der Waals surface area contributed by atoms with Gasteiger partial charge in [-0.2, -0.15) is 0 Å². The molecule has 3 heteroatoms. The van der Waals surface area contributed by atoms with Gasteiger partial charge in [-0.05, 0) is 43.0 Å². The molecule has 0 saturated carbocycles. The lowest BCUT2D eigenvalue weighted by atomic mass is 9.99. The molecule has 1 fully saturated rings. The number of hydrogen-bond donors (Lipinski definition) is 1. The smallest absolute Gasteiger partial charge is 0.114 e. The van der Waals surface area contributed by atoms with Crippen LogP contribution in [0.15, 0.2) is 18.2 Å². The van der Waals surface area contributed by atoms with E-state index in [1.807, 2.05) is 0 Å². The Morgan fingerprint density at radius 3 is 2.89 bits per heavy atom. The predicted octanol–water partition coefficient (Wildman–Crippen LogP) is 3.16. The molecule has 1 atom stereocenters. The molecular formula is C16H23N3. The summed E-state index contributed by atoms with van der Waals surface area (Å²) in [6, 6.07) is 6.68. The first kappa shape index (κ1) is 12.7. The highest BCUT2D eigenvalue weighted by Crippen LogP contribution is 2.27. The number of imidazole rings is 1. The molecule has 102 valence electrons. The number of nitrogens with zero attached hydrogens (tertiary/aromatic N) is 2. The van der Waals surface area contributed by atoms with Crippen molar-refractivity contribution in [3.63, 3.8) is 0 Å². The van der Waals surface area contributed by atoms with Crippen molar-refractivity contribution in [3.8, 4) is 0 Å². The molecule has 0 radical (unpaired) electrons. The Bertz CT molecular complexity index is 577. The van der Waals surface area contributed by atoms with Crippen LogP contribution in [0.25, 0.3) is 11.0 Å². The van der Waals surface area contributed by atoms with Crippen molar-refractivity contribution in [1.82, 2.24) is 14.9 Å². The Hall–Kier alpha value is -1.35. The zero-order chi connectivity index (χ0) is 13.4. The van der Waals surface area contributed by atoms with Crippen molar-refractivity contribution in [3.05, 3.63) is 29.6 Å². The Morgan fingerprint density at radius 1 is 1.37 bits per heavy atom. The Labute approximate surface area is 115 Å². The number of hydrogen-bond acceptors (Lipinski definition) is 2. The van der Waals surface area contributed by atoms with E-state index in [4.69, 9.17) is 4.98 Å². The fourth-order valence-corrected chi connectivity index (χ4v) is 3.02. The van der Waals surface area contributed by atoms with Gasteiger partial charge in [0.15, 0.2) is 0 Å². The number of fused-ring (bicyclic) bond motifs is 1. The predicted molar refractivity (Wildman–Crippen MR) is 79.6 cm³/mol. The molecule has 1 aromatic heterocycles. The second-order valence-corrected chi connectivity index (χ2v) is 5.98. The van der Waals surface area contributed by atoms with Crippen LogP contribution in [0.4, 0.5) is 0 Å². The van der Waals surface area contributed by atoms with Gasteiger partial charge in [0.2, 0.25) is 0 Å². The maximum absolute atomic E-state index is 4.86. The van der Waals surface area contributed by atoms with E-state index in [0.29, 0.717) is 11.8 Å². The van der Waals surface area contributed by atoms with E-state index in [9.17, 15) is 0 Å². The largest absolute Gasteiger partial charge is 0.331 e. The number of nitrogens with one attached hydrogen (secondary N) is 1. The van der Waals surface area contributed by atoms with Crippen LogP contribution in [0.2, 0.25) is 0 Å². The summed E-state index contributed by atoms with van der Waals surface area (Å²) in [4.78, 5) is 4.86. The SMILES string of the molecule is CC(C)c1ccc2nc(C3CCCNC3)n(C)c2c1. The summed E-state index contributed by atoms with van der Waals surface area (Å²) in [5, 5.41) is 3.48. The van der Waals surface area contributed by atoms with Crippen molar-refractivity contribution in [1.29, 1.82) is 0 Å². The summed E-state index contributed by atoms with van der Waals surface area (Å²) in [5.74, 6) is 2.37. The molecule has 0 bridgehead atoms. The second kappa shape index (κ2) is 4.97. The highest BCUT2D eigenvalue weighted by molar-refractivity contribution is 5.77. The van der Waals surface area contributed by atoms with E-state index in [0.717, 1.165) is 18.6 Å². The van der Waals surface area contributed by atoms with Crippen molar-refractivity contribution < 1.29 is 0 Å². The van der Waals surface area contributed by atoms with Crippen LogP contribution in [-0.4, -0.2) is 22.6 Å². The van der Waals surface area contributed by atoms with Gasteiger partial charge in [-0.1, -0.05) is 19.9 Å². The monoisotopic (exact) mass is 257 g/mol. The average Bonchev–Trinajstić information content (AvgIpc) is 2.77. The molecular weight excluding hydrogens is 234 g/mol. The van der Waals surface area contributed by atoms with Crippen molar-refractivity contribution in [2.24, 2.45) is 7.05 Å². The van der Waals surface area contributed by atoms with Crippen LogP contribution < -0.4 is 5.32 Å². The normalized spacial score (nSPS) is 20.3. The van der Waals surface area contributed by atoms with Gasteiger partial charge in [-0.3, -0.25) is 0 Å². The summed E-state index contributed by atoms with van der Waals surface area (Å²) < 4.78 is 2.29. The molecule has 1 aliphatic rings. The van der Waals surface area contributed by atoms with Crippen LogP contribution in [0.5, 0.6) is 0 Å². The molecule has 1 aromatic carbocycles. The zero-order valence-electron chi connectivity index (χ0n) is 12.1. The molecule has 3 nitrogen and oxygen atoms in total.